The molecule has 1 N–H and O–H groups in total. The van der Waals surface area contributed by atoms with Crippen molar-refractivity contribution < 1.29 is 22.7 Å². The maximum atomic E-state index is 10.6. The lowest BCUT2D eigenvalue weighted by Crippen LogP contribution is -2.35. The molecule has 0 radical (unpaired) electrons. The van der Waals surface area contributed by atoms with E-state index >= 15 is 0 Å². The van der Waals surface area contributed by atoms with Gasteiger partial charge >= 0.3 is 0 Å². The number of fused-ring (bicyclic) bond motifs is 1. The second-order valence-corrected chi connectivity index (χ2v) is 12.5. The molecule has 0 bridgehead atoms. The zero-order valence-corrected chi connectivity index (χ0v) is 21.2. The van der Waals surface area contributed by atoms with Gasteiger partial charge in [0.05, 0.1) is 11.5 Å². The van der Waals surface area contributed by atoms with E-state index in [-0.39, 0.29) is 17.4 Å². The molecule has 0 amide bonds. The summed E-state index contributed by atoms with van der Waals surface area (Å²) in [5, 5.41) is 3.44. The van der Waals surface area contributed by atoms with E-state index in [4.69, 9.17) is 9.47 Å². The lowest BCUT2D eigenvalue weighted by atomic mass is 9.83. The van der Waals surface area contributed by atoms with Gasteiger partial charge in [-0.2, -0.15) is 0 Å². The predicted molar refractivity (Wildman–Crippen MR) is 133 cm³/mol. The van der Waals surface area contributed by atoms with Gasteiger partial charge in [0.2, 0.25) is 6.79 Å². The second kappa shape index (κ2) is 11.9. The first-order chi connectivity index (χ1) is 16.5. The minimum Gasteiger partial charge on any atom is -0.454 e. The molecule has 5 rings (SSSR count). The Kier molecular flexibility index (Phi) is 8.88. The highest BCUT2D eigenvalue weighted by Crippen LogP contribution is 2.42. The van der Waals surface area contributed by atoms with Gasteiger partial charge in [0.1, 0.15) is 6.29 Å². The molecular weight excluding hydrogens is 452 g/mol. The van der Waals surface area contributed by atoms with Crippen molar-refractivity contribution in [2.45, 2.75) is 63.3 Å². The first-order valence-corrected chi connectivity index (χ1v) is 14.7. The fourth-order valence-corrected chi connectivity index (χ4v) is 7.50. The van der Waals surface area contributed by atoms with E-state index in [9.17, 15) is 13.2 Å². The van der Waals surface area contributed by atoms with Gasteiger partial charge in [-0.3, -0.25) is 0 Å². The Morgan fingerprint density at radius 3 is 2.44 bits per heavy atom. The molecule has 3 heterocycles. The van der Waals surface area contributed by atoms with Crippen LogP contribution in [0, 0.1) is 11.8 Å². The third-order valence-electron chi connectivity index (χ3n) is 8.02. The molecule has 1 saturated carbocycles. The molecule has 190 valence electrons. The highest BCUT2D eigenvalue weighted by molar-refractivity contribution is 7.91. The molecule has 1 unspecified atom stereocenters. The summed E-state index contributed by atoms with van der Waals surface area (Å²) < 4.78 is 32.5. The van der Waals surface area contributed by atoms with E-state index in [1.807, 2.05) is 6.07 Å². The highest BCUT2D eigenvalue weighted by Gasteiger charge is 2.28. The first-order valence-electron chi connectivity index (χ1n) is 12.9. The van der Waals surface area contributed by atoms with Gasteiger partial charge in [0.25, 0.3) is 0 Å². The Hall–Kier alpha value is -1.64. The van der Waals surface area contributed by atoms with Gasteiger partial charge in [-0.05, 0) is 96.0 Å². The molecule has 0 aromatic heterocycles. The van der Waals surface area contributed by atoms with Gasteiger partial charge in [-0.25, -0.2) is 8.42 Å². The van der Waals surface area contributed by atoms with Crippen molar-refractivity contribution in [1.82, 2.24) is 10.2 Å². The van der Waals surface area contributed by atoms with E-state index < -0.39 is 9.84 Å². The van der Waals surface area contributed by atoms with Crippen LogP contribution in [0.1, 0.15) is 62.8 Å². The summed E-state index contributed by atoms with van der Waals surface area (Å²) >= 11 is 0. The number of aldehydes is 1. The first kappa shape index (κ1) is 25.5. The minimum atomic E-state index is -2.84. The van der Waals surface area contributed by atoms with Gasteiger partial charge in [-0.1, -0.05) is 12.1 Å². The minimum absolute atomic E-state index is 0.0660. The lowest BCUT2D eigenvalue weighted by molar-refractivity contribution is -0.110. The smallest absolute Gasteiger partial charge is 0.231 e. The number of nitrogens with zero attached hydrogens (tertiary/aromatic N) is 1. The largest absolute Gasteiger partial charge is 0.454 e. The van der Waals surface area contributed by atoms with Crippen molar-refractivity contribution in [3.05, 3.63) is 23.8 Å². The predicted octanol–water partition coefficient (Wildman–Crippen LogP) is 3.38. The summed E-state index contributed by atoms with van der Waals surface area (Å²) in [6.07, 6.45) is 10.7. The number of hydrogen-bond acceptors (Lipinski definition) is 7. The molecule has 7 nitrogen and oxygen atoms in total. The number of benzene rings is 1. The molecule has 34 heavy (non-hydrogen) atoms. The average molecular weight is 493 g/mol. The number of rotatable bonds is 6. The molecule has 1 atom stereocenters. The standard InChI is InChI=1S/C21H32N2O2.C5H8O3S/c1-22-18-7-5-16(6-8-18)9-12-23-13-10-17(11-14-23)19-3-2-4-20-21(19)25-15-24-20;6-3-5-1-2-9(7,8)4-5/h2-4,16-18,22H,5-15H2,1H3;3,5H,1-2,4H2. The van der Waals surface area contributed by atoms with Crippen LogP contribution in [0.15, 0.2) is 18.2 Å². The Morgan fingerprint density at radius 2 is 1.82 bits per heavy atom. The van der Waals surface area contributed by atoms with Crippen LogP contribution in [0.4, 0.5) is 0 Å². The van der Waals surface area contributed by atoms with Crippen molar-refractivity contribution in [1.29, 1.82) is 0 Å². The summed E-state index contributed by atoms with van der Waals surface area (Å²) in [5.74, 6) is 3.53. The Balaban J connectivity index is 0.000000257. The maximum absolute atomic E-state index is 10.6. The number of hydrogen-bond donors (Lipinski definition) is 1. The molecule has 2 saturated heterocycles. The van der Waals surface area contributed by atoms with E-state index in [1.54, 1.807) is 0 Å². The van der Waals surface area contributed by atoms with Crippen LogP contribution in [0.25, 0.3) is 0 Å². The number of nitrogens with one attached hydrogen (secondary N) is 1. The van der Waals surface area contributed by atoms with E-state index in [0.29, 0.717) is 19.1 Å². The van der Waals surface area contributed by atoms with Crippen LogP contribution in [0.2, 0.25) is 0 Å². The van der Waals surface area contributed by atoms with Gasteiger partial charge in [0, 0.05) is 17.5 Å². The molecule has 0 spiro atoms. The molecule has 8 heteroatoms. The van der Waals surface area contributed by atoms with Crippen molar-refractivity contribution in [2.24, 2.45) is 11.8 Å². The number of ether oxygens (including phenoxy) is 2. The number of sulfone groups is 1. The Morgan fingerprint density at radius 1 is 1.06 bits per heavy atom. The zero-order chi connectivity index (χ0) is 24.0. The summed E-state index contributed by atoms with van der Waals surface area (Å²) in [4.78, 5) is 12.7. The van der Waals surface area contributed by atoms with Crippen molar-refractivity contribution in [3.63, 3.8) is 0 Å². The van der Waals surface area contributed by atoms with E-state index in [0.717, 1.165) is 29.7 Å². The number of likely N-dealkylation sites (tertiary alicyclic amines) is 1. The number of piperidine rings is 1. The van der Waals surface area contributed by atoms with Crippen LogP contribution in [0.3, 0.4) is 0 Å². The monoisotopic (exact) mass is 492 g/mol. The molecule has 1 aromatic rings. The molecule has 1 aromatic carbocycles. The maximum Gasteiger partial charge on any atom is 0.231 e. The van der Waals surface area contributed by atoms with Crippen molar-refractivity contribution in [2.75, 3.05) is 45.0 Å². The van der Waals surface area contributed by atoms with Crippen LogP contribution in [-0.4, -0.2) is 70.6 Å². The van der Waals surface area contributed by atoms with Crippen LogP contribution in [0.5, 0.6) is 11.5 Å². The molecule has 4 aliphatic rings. The van der Waals surface area contributed by atoms with E-state index in [2.05, 4.69) is 29.4 Å². The van der Waals surface area contributed by atoms with Gasteiger partial charge in [-0.15, -0.1) is 0 Å². The SMILES string of the molecule is CNC1CCC(CCN2CCC(c3cccc4c3OCO4)CC2)CC1.O=CC1CCS(=O)(=O)C1. The second-order valence-electron chi connectivity index (χ2n) is 10.3. The number of carbonyl (C=O) groups excluding carboxylic acids is 1. The average Bonchev–Trinajstić information content (AvgIpc) is 3.49. The number of para-hydroxylation sites is 1. The third kappa shape index (κ3) is 6.73. The van der Waals surface area contributed by atoms with Crippen LogP contribution >= 0.6 is 0 Å². The van der Waals surface area contributed by atoms with E-state index in [1.165, 1.54) is 70.1 Å². The van der Waals surface area contributed by atoms with Gasteiger partial charge < -0.3 is 24.5 Å². The topological polar surface area (TPSA) is 84.9 Å². The molecule has 1 aliphatic carbocycles. The zero-order valence-electron chi connectivity index (χ0n) is 20.4. The van der Waals surface area contributed by atoms with Crippen molar-refractivity contribution in [3.8, 4) is 11.5 Å². The Labute approximate surface area is 204 Å². The fraction of sp³-hybridized carbons (Fsp3) is 0.731. The highest BCUT2D eigenvalue weighted by atomic mass is 32.2. The number of carbonyl (C=O) groups is 1. The molecular formula is C26H40N2O5S. The van der Waals surface area contributed by atoms with Crippen LogP contribution in [-0.2, 0) is 14.6 Å². The van der Waals surface area contributed by atoms with Gasteiger partial charge in [0.15, 0.2) is 21.3 Å². The summed E-state index contributed by atoms with van der Waals surface area (Å²) in [6, 6.07) is 7.12. The quantitative estimate of drug-likeness (QED) is 0.610. The fourth-order valence-electron chi connectivity index (χ4n) is 5.78. The van der Waals surface area contributed by atoms with Crippen molar-refractivity contribution >= 4 is 16.1 Å². The summed E-state index contributed by atoms with van der Waals surface area (Å²) in [5.41, 5.74) is 1.36. The lowest BCUT2D eigenvalue weighted by Gasteiger charge is -2.34. The Bertz CT molecular complexity index is 906. The summed E-state index contributed by atoms with van der Waals surface area (Å²) in [7, 11) is -0.733. The third-order valence-corrected chi connectivity index (χ3v) is 9.82. The molecule has 3 aliphatic heterocycles. The molecule has 3 fully saturated rings. The normalized spacial score (nSPS) is 28.8. The summed E-state index contributed by atoms with van der Waals surface area (Å²) in [6.45, 7) is 4.11. The van der Waals surface area contributed by atoms with Crippen LogP contribution < -0.4 is 14.8 Å².